The van der Waals surface area contributed by atoms with Crippen molar-refractivity contribution in [2.45, 2.75) is 64.2 Å². The number of benzene rings is 1. The summed E-state index contributed by atoms with van der Waals surface area (Å²) in [5, 5.41) is 9.79. The van der Waals surface area contributed by atoms with E-state index in [0.717, 1.165) is 38.3 Å². The van der Waals surface area contributed by atoms with Crippen molar-refractivity contribution in [3.63, 3.8) is 0 Å². The molecule has 0 bridgehead atoms. The van der Waals surface area contributed by atoms with Crippen molar-refractivity contribution in [1.82, 2.24) is 4.90 Å². The number of hydrogen-bond donors (Lipinski definition) is 1. The Balaban J connectivity index is 1.59. The van der Waals surface area contributed by atoms with E-state index in [1.807, 2.05) is 12.1 Å². The molecule has 0 radical (unpaired) electrons. The average Bonchev–Trinajstić information content (AvgIpc) is 3.08. The highest BCUT2D eigenvalue weighted by Crippen LogP contribution is 2.40. The molecular weight excluding hydrogens is 298 g/mol. The van der Waals surface area contributed by atoms with Crippen LogP contribution in [0.5, 0.6) is 5.75 Å². The monoisotopic (exact) mass is 329 g/mol. The summed E-state index contributed by atoms with van der Waals surface area (Å²) in [7, 11) is 0. The summed E-state index contributed by atoms with van der Waals surface area (Å²) in [5.41, 5.74) is 1.22. The lowest BCUT2D eigenvalue weighted by Crippen LogP contribution is -2.49. The van der Waals surface area contributed by atoms with E-state index in [2.05, 4.69) is 24.8 Å². The van der Waals surface area contributed by atoms with Crippen LogP contribution in [0.4, 0.5) is 0 Å². The lowest BCUT2D eigenvalue weighted by atomic mass is 9.68. The van der Waals surface area contributed by atoms with E-state index in [1.165, 1.54) is 31.2 Å². The average molecular weight is 329 g/mol. The van der Waals surface area contributed by atoms with Crippen molar-refractivity contribution >= 4 is 5.91 Å². The van der Waals surface area contributed by atoms with Crippen LogP contribution in [-0.4, -0.2) is 29.0 Å². The first-order valence-electron chi connectivity index (χ1n) is 9.56. The van der Waals surface area contributed by atoms with E-state index < -0.39 is 0 Å². The van der Waals surface area contributed by atoms with Gasteiger partial charge in [-0.1, -0.05) is 51.7 Å². The molecule has 1 aliphatic heterocycles. The third kappa shape index (κ3) is 3.60. The van der Waals surface area contributed by atoms with Crippen LogP contribution in [0.2, 0.25) is 0 Å². The molecule has 3 nitrogen and oxygen atoms in total. The first kappa shape index (κ1) is 17.3. The van der Waals surface area contributed by atoms with Crippen LogP contribution < -0.4 is 0 Å². The van der Waals surface area contributed by atoms with Gasteiger partial charge in [0.05, 0.1) is 0 Å². The molecule has 24 heavy (non-hydrogen) atoms. The maximum absolute atomic E-state index is 12.6. The minimum absolute atomic E-state index is 0.0287. The highest BCUT2D eigenvalue weighted by atomic mass is 16.3. The minimum Gasteiger partial charge on any atom is -0.508 e. The Hall–Kier alpha value is -1.51. The fourth-order valence-corrected chi connectivity index (χ4v) is 4.54. The van der Waals surface area contributed by atoms with Gasteiger partial charge >= 0.3 is 0 Å². The number of hydrogen-bond acceptors (Lipinski definition) is 2. The van der Waals surface area contributed by atoms with Gasteiger partial charge in [-0.2, -0.15) is 0 Å². The fourth-order valence-electron chi connectivity index (χ4n) is 4.54. The molecule has 2 aliphatic rings. The van der Waals surface area contributed by atoms with Gasteiger partial charge in [0.25, 0.3) is 0 Å². The summed E-state index contributed by atoms with van der Waals surface area (Å²) in [6.07, 6.45) is 8.10. The van der Waals surface area contributed by atoms with Crippen molar-refractivity contribution in [1.29, 1.82) is 0 Å². The van der Waals surface area contributed by atoms with Crippen molar-refractivity contribution in [3.8, 4) is 5.75 Å². The zero-order valence-corrected chi connectivity index (χ0v) is 15.1. The predicted octanol–water partition coefficient (Wildman–Crippen LogP) is 4.49. The summed E-state index contributed by atoms with van der Waals surface area (Å²) in [6.45, 7) is 6.17. The summed E-state index contributed by atoms with van der Waals surface area (Å²) in [5.74, 6) is 1.85. The fraction of sp³-hybridized carbons (Fsp3) is 0.667. The van der Waals surface area contributed by atoms with Crippen LogP contribution >= 0.6 is 0 Å². The smallest absolute Gasteiger partial charge is 0.222 e. The van der Waals surface area contributed by atoms with Gasteiger partial charge < -0.3 is 10.0 Å². The van der Waals surface area contributed by atoms with Crippen LogP contribution in [-0.2, 0) is 10.2 Å². The molecule has 0 aromatic heterocycles. The Labute approximate surface area is 146 Å². The molecule has 1 amide bonds. The normalized spacial score (nSPS) is 28.2. The van der Waals surface area contributed by atoms with Crippen LogP contribution in [0.1, 0.15) is 64.4 Å². The van der Waals surface area contributed by atoms with Crippen molar-refractivity contribution in [2.75, 3.05) is 13.1 Å². The number of amides is 1. The zero-order valence-electron chi connectivity index (χ0n) is 15.1. The number of phenols is 1. The van der Waals surface area contributed by atoms with E-state index in [-0.39, 0.29) is 5.41 Å². The summed E-state index contributed by atoms with van der Waals surface area (Å²) in [4.78, 5) is 14.7. The van der Waals surface area contributed by atoms with Gasteiger partial charge in [0, 0.05) is 19.5 Å². The second-order valence-corrected chi connectivity index (χ2v) is 8.15. The molecule has 3 heteroatoms. The molecule has 1 saturated heterocycles. The predicted molar refractivity (Wildman–Crippen MR) is 97.0 cm³/mol. The number of aromatic hydroxyl groups is 1. The molecule has 0 unspecified atom stereocenters. The quantitative estimate of drug-likeness (QED) is 0.884. The second-order valence-electron chi connectivity index (χ2n) is 8.15. The number of likely N-dealkylation sites (tertiary alicyclic amines) is 1. The minimum atomic E-state index is 0.0287. The summed E-state index contributed by atoms with van der Waals surface area (Å²) in [6, 6.07) is 7.63. The Morgan fingerprint density at radius 1 is 1.33 bits per heavy atom. The molecule has 1 aliphatic carbocycles. The van der Waals surface area contributed by atoms with Gasteiger partial charge in [-0.15, -0.1) is 0 Å². The standard InChI is InChI=1S/C21H31NO2/c1-16-15-22(20(24)11-10-17-6-3-4-7-17)13-12-21(16,2)18-8-5-9-19(23)14-18/h5,8-9,14,16-17,23H,3-4,6-7,10-13,15H2,1-2H3/t16-,21+/m0/s1. The van der Waals surface area contributed by atoms with Crippen LogP contribution in [0, 0.1) is 11.8 Å². The molecule has 1 saturated carbocycles. The molecule has 2 atom stereocenters. The largest absolute Gasteiger partial charge is 0.508 e. The Morgan fingerprint density at radius 3 is 2.75 bits per heavy atom. The molecule has 132 valence electrons. The third-order valence-electron chi connectivity index (χ3n) is 6.58. The maximum atomic E-state index is 12.6. The van der Waals surface area contributed by atoms with Crippen molar-refractivity contribution in [3.05, 3.63) is 29.8 Å². The maximum Gasteiger partial charge on any atom is 0.222 e. The Morgan fingerprint density at radius 2 is 2.08 bits per heavy atom. The number of piperidine rings is 1. The lowest BCUT2D eigenvalue weighted by molar-refractivity contribution is -0.134. The first-order chi connectivity index (χ1) is 11.5. The number of carbonyl (C=O) groups excluding carboxylic acids is 1. The molecule has 3 rings (SSSR count). The van der Waals surface area contributed by atoms with Gasteiger partial charge in [-0.3, -0.25) is 4.79 Å². The van der Waals surface area contributed by atoms with Gasteiger partial charge in [0.15, 0.2) is 0 Å². The first-order valence-corrected chi connectivity index (χ1v) is 9.56. The van der Waals surface area contributed by atoms with E-state index in [0.29, 0.717) is 17.6 Å². The van der Waals surface area contributed by atoms with Crippen molar-refractivity contribution < 1.29 is 9.90 Å². The molecule has 2 fully saturated rings. The number of carbonyl (C=O) groups is 1. The number of phenolic OH excluding ortho intramolecular Hbond substituents is 1. The zero-order chi connectivity index (χ0) is 17.2. The third-order valence-corrected chi connectivity index (χ3v) is 6.58. The van der Waals surface area contributed by atoms with Crippen LogP contribution in [0.3, 0.4) is 0 Å². The SMILES string of the molecule is C[C@H]1CN(C(=O)CCC2CCCC2)CC[C@@]1(C)c1cccc(O)c1. The number of rotatable bonds is 4. The molecule has 0 spiro atoms. The Bertz CT molecular complexity index is 579. The van der Waals surface area contributed by atoms with E-state index >= 15 is 0 Å². The van der Waals surface area contributed by atoms with E-state index in [9.17, 15) is 9.90 Å². The van der Waals surface area contributed by atoms with Gasteiger partial charge in [0.1, 0.15) is 5.75 Å². The van der Waals surface area contributed by atoms with Crippen LogP contribution in [0.25, 0.3) is 0 Å². The second kappa shape index (κ2) is 7.16. The van der Waals surface area contributed by atoms with Crippen LogP contribution in [0.15, 0.2) is 24.3 Å². The highest BCUT2D eigenvalue weighted by molar-refractivity contribution is 5.76. The molecule has 1 heterocycles. The molecule has 1 aromatic rings. The molecular formula is C21H31NO2. The highest BCUT2D eigenvalue weighted by Gasteiger charge is 2.39. The topological polar surface area (TPSA) is 40.5 Å². The van der Waals surface area contributed by atoms with Gasteiger partial charge in [0.2, 0.25) is 5.91 Å². The van der Waals surface area contributed by atoms with E-state index in [1.54, 1.807) is 6.07 Å². The molecule has 1 N–H and O–H groups in total. The molecule has 1 aromatic carbocycles. The van der Waals surface area contributed by atoms with Crippen molar-refractivity contribution in [2.24, 2.45) is 11.8 Å². The summed E-state index contributed by atoms with van der Waals surface area (Å²) < 4.78 is 0. The lowest BCUT2D eigenvalue weighted by Gasteiger charge is -2.45. The van der Waals surface area contributed by atoms with E-state index in [4.69, 9.17) is 0 Å². The number of nitrogens with zero attached hydrogens (tertiary/aromatic N) is 1. The summed E-state index contributed by atoms with van der Waals surface area (Å²) >= 11 is 0. The van der Waals surface area contributed by atoms with Gasteiger partial charge in [-0.05, 0) is 47.8 Å². The Kier molecular flexibility index (Phi) is 5.17. The van der Waals surface area contributed by atoms with Gasteiger partial charge in [-0.25, -0.2) is 0 Å².